The summed E-state index contributed by atoms with van der Waals surface area (Å²) in [6, 6.07) is 10.6. The number of carbonyl (C=O) groups excluding carboxylic acids is 1. The third-order valence-corrected chi connectivity index (χ3v) is 3.35. The zero-order chi connectivity index (χ0) is 13.5. The molecule has 1 unspecified atom stereocenters. The third-order valence-electron chi connectivity index (χ3n) is 3.35. The van der Waals surface area contributed by atoms with E-state index in [0.29, 0.717) is 38.9 Å². The van der Waals surface area contributed by atoms with Gasteiger partial charge in [-0.25, -0.2) is 0 Å². The molecule has 19 heavy (non-hydrogen) atoms. The van der Waals surface area contributed by atoms with Crippen molar-refractivity contribution in [2.45, 2.75) is 19.4 Å². The van der Waals surface area contributed by atoms with Crippen LogP contribution >= 0.6 is 0 Å². The normalized spacial score (nSPS) is 17.2. The van der Waals surface area contributed by atoms with Gasteiger partial charge in [-0.3, -0.25) is 4.79 Å². The number of carbonyl (C=O) groups is 1. The Morgan fingerprint density at radius 3 is 2.68 bits per heavy atom. The average molecular weight is 262 g/mol. The predicted octanol–water partition coefficient (Wildman–Crippen LogP) is 1.07. The van der Waals surface area contributed by atoms with Crippen LogP contribution in [-0.2, 0) is 16.0 Å². The van der Waals surface area contributed by atoms with E-state index in [0.717, 1.165) is 6.42 Å². The predicted molar refractivity (Wildman–Crippen MR) is 75.0 cm³/mol. The van der Waals surface area contributed by atoms with Crippen LogP contribution in [0.2, 0.25) is 0 Å². The molecule has 1 aliphatic rings. The number of hydrogen-bond acceptors (Lipinski definition) is 3. The van der Waals surface area contributed by atoms with Crippen LogP contribution in [0.3, 0.4) is 0 Å². The Bertz CT molecular complexity index is 388. The van der Waals surface area contributed by atoms with Crippen molar-refractivity contribution in [3.05, 3.63) is 35.9 Å². The highest BCUT2D eigenvalue weighted by molar-refractivity contribution is 5.78. The Hall–Kier alpha value is -1.39. The Labute approximate surface area is 114 Å². The summed E-state index contributed by atoms with van der Waals surface area (Å²) in [6.45, 7) is 5.27. The lowest BCUT2D eigenvalue weighted by molar-refractivity contribution is -0.134. The number of rotatable bonds is 5. The summed E-state index contributed by atoms with van der Waals surface area (Å²) in [5, 5.41) is 3.30. The van der Waals surface area contributed by atoms with Gasteiger partial charge in [0, 0.05) is 19.1 Å². The Morgan fingerprint density at radius 1 is 1.32 bits per heavy atom. The molecule has 1 amide bonds. The zero-order valence-corrected chi connectivity index (χ0v) is 11.5. The van der Waals surface area contributed by atoms with Crippen molar-refractivity contribution >= 4 is 5.91 Å². The molecule has 0 aromatic heterocycles. The maximum atomic E-state index is 12.0. The van der Waals surface area contributed by atoms with Gasteiger partial charge in [0.25, 0.3) is 0 Å². The molecule has 0 saturated carbocycles. The average Bonchev–Trinajstić information content (AvgIpc) is 2.47. The topological polar surface area (TPSA) is 41.6 Å². The second-order valence-corrected chi connectivity index (χ2v) is 4.96. The summed E-state index contributed by atoms with van der Waals surface area (Å²) in [4.78, 5) is 13.8. The number of nitrogens with zero attached hydrogens (tertiary/aromatic N) is 1. The standard InChI is InChI=1S/C15H22N2O2/c1-13(11-14-5-3-2-4-6-14)16-12-15(18)17-7-9-19-10-8-17/h2-6,13,16H,7-12H2,1H3. The van der Waals surface area contributed by atoms with E-state index in [4.69, 9.17) is 4.74 Å². The van der Waals surface area contributed by atoms with Gasteiger partial charge in [-0.15, -0.1) is 0 Å². The van der Waals surface area contributed by atoms with Crippen LogP contribution in [0, 0.1) is 0 Å². The van der Waals surface area contributed by atoms with Crippen LogP contribution in [0.1, 0.15) is 12.5 Å². The Kier molecular flexibility index (Phi) is 5.36. The quantitative estimate of drug-likeness (QED) is 0.863. The third kappa shape index (κ3) is 4.65. The number of ether oxygens (including phenoxy) is 1. The first kappa shape index (κ1) is 14.0. The molecule has 1 fully saturated rings. The van der Waals surface area contributed by atoms with E-state index in [1.165, 1.54) is 5.56 Å². The molecule has 1 heterocycles. The highest BCUT2D eigenvalue weighted by Crippen LogP contribution is 2.03. The van der Waals surface area contributed by atoms with Gasteiger partial charge >= 0.3 is 0 Å². The van der Waals surface area contributed by atoms with Gasteiger partial charge in [0.1, 0.15) is 0 Å². The van der Waals surface area contributed by atoms with Gasteiger partial charge in [0.2, 0.25) is 5.91 Å². The molecule has 104 valence electrons. The number of hydrogen-bond donors (Lipinski definition) is 1. The molecule has 0 bridgehead atoms. The van der Waals surface area contributed by atoms with Crippen molar-refractivity contribution in [2.75, 3.05) is 32.8 Å². The molecule has 1 saturated heterocycles. The van der Waals surface area contributed by atoms with E-state index in [2.05, 4.69) is 24.4 Å². The van der Waals surface area contributed by atoms with E-state index < -0.39 is 0 Å². The summed E-state index contributed by atoms with van der Waals surface area (Å²) < 4.78 is 5.24. The van der Waals surface area contributed by atoms with Crippen molar-refractivity contribution in [1.29, 1.82) is 0 Å². The van der Waals surface area contributed by atoms with E-state index >= 15 is 0 Å². The second kappa shape index (κ2) is 7.26. The van der Waals surface area contributed by atoms with Crippen molar-refractivity contribution in [3.63, 3.8) is 0 Å². The fraction of sp³-hybridized carbons (Fsp3) is 0.533. The number of amides is 1. The molecule has 4 heteroatoms. The van der Waals surface area contributed by atoms with Crippen molar-refractivity contribution in [2.24, 2.45) is 0 Å². The largest absolute Gasteiger partial charge is 0.378 e. The van der Waals surface area contributed by atoms with Crippen molar-refractivity contribution in [3.8, 4) is 0 Å². The summed E-state index contributed by atoms with van der Waals surface area (Å²) in [5.41, 5.74) is 1.29. The van der Waals surface area contributed by atoms with Gasteiger partial charge in [0.15, 0.2) is 0 Å². The number of morpholine rings is 1. The maximum absolute atomic E-state index is 12.0. The van der Waals surface area contributed by atoms with Gasteiger partial charge in [-0.2, -0.15) is 0 Å². The molecule has 0 spiro atoms. The lowest BCUT2D eigenvalue weighted by Crippen LogP contribution is -2.46. The van der Waals surface area contributed by atoms with E-state index in [1.54, 1.807) is 0 Å². The van der Waals surface area contributed by atoms with Crippen LogP contribution in [0.5, 0.6) is 0 Å². The minimum atomic E-state index is 0.170. The van der Waals surface area contributed by atoms with E-state index in [-0.39, 0.29) is 5.91 Å². The smallest absolute Gasteiger partial charge is 0.236 e. The van der Waals surface area contributed by atoms with Gasteiger partial charge in [0.05, 0.1) is 19.8 Å². The summed E-state index contributed by atoms with van der Waals surface area (Å²) in [6.07, 6.45) is 0.942. The van der Waals surface area contributed by atoms with E-state index in [1.807, 2.05) is 23.1 Å². The second-order valence-electron chi connectivity index (χ2n) is 4.96. The first-order chi connectivity index (χ1) is 9.25. The van der Waals surface area contributed by atoms with Gasteiger partial charge < -0.3 is 15.0 Å². The molecule has 2 rings (SSSR count). The Balaban J connectivity index is 1.71. The molecule has 1 atom stereocenters. The molecule has 1 aliphatic heterocycles. The van der Waals surface area contributed by atoms with Crippen LogP contribution in [-0.4, -0.2) is 49.7 Å². The van der Waals surface area contributed by atoms with E-state index in [9.17, 15) is 4.79 Å². The van der Waals surface area contributed by atoms with Crippen LogP contribution in [0.15, 0.2) is 30.3 Å². The molecular formula is C15H22N2O2. The maximum Gasteiger partial charge on any atom is 0.236 e. The van der Waals surface area contributed by atoms with Crippen LogP contribution in [0.4, 0.5) is 0 Å². The molecule has 1 N–H and O–H groups in total. The molecule has 1 aromatic rings. The first-order valence-corrected chi connectivity index (χ1v) is 6.88. The summed E-state index contributed by atoms with van der Waals surface area (Å²) >= 11 is 0. The minimum absolute atomic E-state index is 0.170. The summed E-state index contributed by atoms with van der Waals surface area (Å²) in [5.74, 6) is 0.170. The van der Waals surface area contributed by atoms with Gasteiger partial charge in [-0.05, 0) is 18.9 Å². The number of benzene rings is 1. The van der Waals surface area contributed by atoms with Crippen molar-refractivity contribution in [1.82, 2.24) is 10.2 Å². The fourth-order valence-electron chi connectivity index (χ4n) is 2.23. The first-order valence-electron chi connectivity index (χ1n) is 6.88. The number of nitrogens with one attached hydrogen (secondary N) is 1. The van der Waals surface area contributed by atoms with Crippen molar-refractivity contribution < 1.29 is 9.53 Å². The van der Waals surface area contributed by atoms with Gasteiger partial charge in [-0.1, -0.05) is 30.3 Å². The molecule has 1 aromatic carbocycles. The molecular weight excluding hydrogens is 240 g/mol. The Morgan fingerprint density at radius 2 is 2.00 bits per heavy atom. The lowest BCUT2D eigenvalue weighted by Gasteiger charge is -2.27. The highest BCUT2D eigenvalue weighted by Gasteiger charge is 2.16. The molecule has 0 aliphatic carbocycles. The summed E-state index contributed by atoms with van der Waals surface area (Å²) in [7, 11) is 0. The lowest BCUT2D eigenvalue weighted by atomic mass is 10.1. The fourth-order valence-corrected chi connectivity index (χ4v) is 2.23. The highest BCUT2D eigenvalue weighted by atomic mass is 16.5. The molecule has 4 nitrogen and oxygen atoms in total. The monoisotopic (exact) mass is 262 g/mol. The SMILES string of the molecule is CC(Cc1ccccc1)NCC(=O)N1CCOCC1. The minimum Gasteiger partial charge on any atom is -0.378 e. The van der Waals surface area contributed by atoms with Crippen LogP contribution < -0.4 is 5.32 Å². The zero-order valence-electron chi connectivity index (χ0n) is 11.5. The van der Waals surface area contributed by atoms with Crippen LogP contribution in [0.25, 0.3) is 0 Å². The molecule has 0 radical (unpaired) electrons.